The van der Waals surface area contributed by atoms with Crippen LogP contribution in [0.25, 0.3) is 0 Å². The van der Waals surface area contributed by atoms with Crippen molar-refractivity contribution in [2.75, 3.05) is 10.8 Å². The molecule has 0 saturated heterocycles. The number of hydrogen-bond donors (Lipinski definition) is 1. The Balaban J connectivity index is 1.73. The predicted octanol–water partition coefficient (Wildman–Crippen LogP) is 5.59. The summed E-state index contributed by atoms with van der Waals surface area (Å²) >= 11 is 0. The Kier molecular flexibility index (Phi) is 9.53. The van der Waals surface area contributed by atoms with E-state index in [1.807, 2.05) is 58.0 Å². The zero-order valence-electron chi connectivity index (χ0n) is 24.7. The average Bonchev–Trinajstić information content (AvgIpc) is 3.45. The summed E-state index contributed by atoms with van der Waals surface area (Å²) in [5.74, 6) is -0.669. The normalized spacial score (nSPS) is 14.5. The van der Waals surface area contributed by atoms with E-state index in [1.165, 1.54) is 9.21 Å². The van der Waals surface area contributed by atoms with Crippen LogP contribution in [0, 0.1) is 27.7 Å². The maximum atomic E-state index is 14.2. The number of rotatable bonds is 10. The summed E-state index contributed by atoms with van der Waals surface area (Å²) in [7, 11) is -4.10. The molecule has 1 atom stereocenters. The number of hydrogen-bond acceptors (Lipinski definition) is 4. The van der Waals surface area contributed by atoms with Gasteiger partial charge in [-0.2, -0.15) is 0 Å². The van der Waals surface area contributed by atoms with Gasteiger partial charge in [0, 0.05) is 12.6 Å². The number of sulfonamides is 1. The molecule has 0 radical (unpaired) electrons. The summed E-state index contributed by atoms with van der Waals surface area (Å²) in [4.78, 5) is 29.2. The minimum atomic E-state index is -4.10. The quantitative estimate of drug-likeness (QED) is 0.341. The Bertz CT molecular complexity index is 1500. The van der Waals surface area contributed by atoms with E-state index in [4.69, 9.17) is 0 Å². The van der Waals surface area contributed by atoms with Gasteiger partial charge in [-0.1, -0.05) is 66.9 Å². The fourth-order valence-corrected chi connectivity index (χ4v) is 6.77. The van der Waals surface area contributed by atoms with E-state index in [-0.39, 0.29) is 23.4 Å². The molecule has 1 N–H and O–H groups in total. The van der Waals surface area contributed by atoms with E-state index in [1.54, 1.807) is 43.3 Å². The molecule has 1 aliphatic carbocycles. The number of aryl methyl sites for hydroxylation is 3. The number of amides is 2. The lowest BCUT2D eigenvalue weighted by Gasteiger charge is -2.33. The van der Waals surface area contributed by atoms with Crippen LogP contribution in [-0.4, -0.2) is 43.8 Å². The van der Waals surface area contributed by atoms with Gasteiger partial charge in [-0.15, -0.1) is 0 Å². The Morgan fingerprint density at radius 2 is 1.51 bits per heavy atom. The first-order chi connectivity index (χ1) is 19.5. The van der Waals surface area contributed by atoms with Gasteiger partial charge >= 0.3 is 0 Å². The molecule has 0 heterocycles. The van der Waals surface area contributed by atoms with Gasteiger partial charge in [0.05, 0.1) is 10.6 Å². The maximum Gasteiger partial charge on any atom is 0.264 e. The van der Waals surface area contributed by atoms with E-state index in [0.717, 1.165) is 53.5 Å². The molecule has 2 amide bonds. The van der Waals surface area contributed by atoms with Crippen LogP contribution in [0.5, 0.6) is 0 Å². The van der Waals surface area contributed by atoms with E-state index in [0.29, 0.717) is 5.69 Å². The zero-order chi connectivity index (χ0) is 29.7. The topological polar surface area (TPSA) is 86.8 Å². The molecular weight excluding hydrogens is 534 g/mol. The molecule has 218 valence electrons. The summed E-state index contributed by atoms with van der Waals surface area (Å²) in [5, 5.41) is 3.11. The van der Waals surface area contributed by atoms with Crippen LogP contribution in [0.2, 0.25) is 0 Å². The number of nitrogens with zero attached hydrogens (tertiary/aromatic N) is 2. The Labute approximate surface area is 244 Å². The molecule has 1 aliphatic rings. The standard InChI is InChI=1S/C33H41N3O4S/c1-23-17-19-30(20-18-23)41(39,40)36(31-16-10-12-24(2)26(31)4)22-32(37)35(21-28-13-7-6-11-25(28)3)27(5)33(38)34-29-14-8-9-15-29/h6-7,10-13,16-20,27,29H,8-9,14-15,21-22H2,1-5H3,(H,34,38). The monoisotopic (exact) mass is 575 g/mol. The number of carbonyl (C=O) groups is 2. The molecule has 7 nitrogen and oxygen atoms in total. The van der Waals surface area contributed by atoms with Crippen LogP contribution >= 0.6 is 0 Å². The van der Waals surface area contributed by atoms with Crippen LogP contribution in [-0.2, 0) is 26.2 Å². The first kappa shape index (κ1) is 30.3. The number of carbonyl (C=O) groups excluding carboxylic acids is 2. The summed E-state index contributed by atoms with van der Waals surface area (Å²) in [6.45, 7) is 9.10. The van der Waals surface area contributed by atoms with Gasteiger partial charge in [0.15, 0.2) is 0 Å². The Morgan fingerprint density at radius 3 is 2.17 bits per heavy atom. The SMILES string of the molecule is Cc1ccc(S(=O)(=O)N(CC(=O)N(Cc2ccccc2C)C(C)C(=O)NC2CCCC2)c2cccc(C)c2C)cc1. The molecule has 3 aromatic rings. The third-order valence-corrected chi connectivity index (χ3v) is 9.98. The number of anilines is 1. The van der Waals surface area contributed by atoms with Crippen LogP contribution in [0.3, 0.4) is 0 Å². The maximum absolute atomic E-state index is 14.2. The highest BCUT2D eigenvalue weighted by Crippen LogP contribution is 2.29. The van der Waals surface area contributed by atoms with Crippen LogP contribution in [0.4, 0.5) is 5.69 Å². The van der Waals surface area contributed by atoms with Crippen molar-refractivity contribution in [1.29, 1.82) is 0 Å². The molecule has 41 heavy (non-hydrogen) atoms. The second kappa shape index (κ2) is 12.9. The second-order valence-corrected chi connectivity index (χ2v) is 13.0. The minimum absolute atomic E-state index is 0.105. The fourth-order valence-electron chi connectivity index (χ4n) is 5.30. The van der Waals surface area contributed by atoms with Crippen molar-refractivity contribution >= 4 is 27.5 Å². The second-order valence-electron chi connectivity index (χ2n) is 11.2. The summed E-state index contributed by atoms with van der Waals surface area (Å²) in [5.41, 5.74) is 4.96. The molecule has 1 unspecified atom stereocenters. The molecule has 8 heteroatoms. The molecule has 0 aliphatic heterocycles. The van der Waals surface area contributed by atoms with E-state index in [2.05, 4.69) is 5.32 Å². The number of nitrogens with one attached hydrogen (secondary N) is 1. The third-order valence-electron chi connectivity index (χ3n) is 8.20. The summed E-state index contributed by atoms with van der Waals surface area (Å²) in [6, 6.07) is 19.1. The van der Waals surface area contributed by atoms with Gasteiger partial charge in [0.2, 0.25) is 11.8 Å². The van der Waals surface area contributed by atoms with E-state index >= 15 is 0 Å². The molecule has 4 rings (SSSR count). The van der Waals surface area contributed by atoms with Crippen LogP contribution < -0.4 is 9.62 Å². The summed E-state index contributed by atoms with van der Waals surface area (Å²) in [6.07, 6.45) is 4.01. The van der Waals surface area contributed by atoms with Gasteiger partial charge in [-0.3, -0.25) is 13.9 Å². The van der Waals surface area contributed by atoms with Crippen molar-refractivity contribution in [3.05, 3.63) is 94.5 Å². The highest BCUT2D eigenvalue weighted by molar-refractivity contribution is 7.92. The van der Waals surface area contributed by atoms with E-state index in [9.17, 15) is 18.0 Å². The molecule has 1 fully saturated rings. The van der Waals surface area contributed by atoms with Gasteiger partial charge < -0.3 is 10.2 Å². The van der Waals surface area contributed by atoms with E-state index < -0.39 is 28.5 Å². The highest BCUT2D eigenvalue weighted by atomic mass is 32.2. The largest absolute Gasteiger partial charge is 0.352 e. The fraction of sp³-hybridized carbons (Fsp3) is 0.394. The zero-order valence-corrected chi connectivity index (χ0v) is 25.5. The summed E-state index contributed by atoms with van der Waals surface area (Å²) < 4.78 is 29.4. The van der Waals surface area contributed by atoms with Gasteiger partial charge in [0.25, 0.3) is 10.0 Å². The van der Waals surface area contributed by atoms with Crippen molar-refractivity contribution in [2.45, 2.75) is 83.8 Å². The predicted molar refractivity (Wildman–Crippen MR) is 163 cm³/mol. The van der Waals surface area contributed by atoms with Crippen LogP contribution in [0.1, 0.15) is 60.4 Å². The lowest BCUT2D eigenvalue weighted by atomic mass is 10.1. The third kappa shape index (κ3) is 6.99. The smallest absolute Gasteiger partial charge is 0.264 e. The minimum Gasteiger partial charge on any atom is -0.352 e. The first-order valence-corrected chi connectivity index (χ1v) is 15.7. The molecule has 0 bridgehead atoms. The number of benzene rings is 3. The highest BCUT2D eigenvalue weighted by Gasteiger charge is 2.34. The van der Waals surface area contributed by atoms with Crippen molar-refractivity contribution < 1.29 is 18.0 Å². The van der Waals surface area contributed by atoms with Crippen molar-refractivity contribution in [2.24, 2.45) is 0 Å². The van der Waals surface area contributed by atoms with Crippen molar-refractivity contribution in [1.82, 2.24) is 10.2 Å². The lowest BCUT2D eigenvalue weighted by molar-refractivity contribution is -0.139. The Morgan fingerprint density at radius 1 is 0.878 bits per heavy atom. The average molecular weight is 576 g/mol. The van der Waals surface area contributed by atoms with Crippen molar-refractivity contribution in [3.8, 4) is 0 Å². The van der Waals surface area contributed by atoms with Gasteiger partial charge in [-0.05, 0) is 87.9 Å². The molecule has 0 aromatic heterocycles. The molecule has 1 saturated carbocycles. The molecule has 3 aromatic carbocycles. The lowest BCUT2D eigenvalue weighted by Crippen LogP contribution is -2.52. The molecular formula is C33H41N3O4S. The van der Waals surface area contributed by atoms with Gasteiger partial charge in [0.1, 0.15) is 12.6 Å². The van der Waals surface area contributed by atoms with Crippen molar-refractivity contribution in [3.63, 3.8) is 0 Å². The first-order valence-electron chi connectivity index (χ1n) is 14.3. The van der Waals surface area contributed by atoms with Gasteiger partial charge in [-0.25, -0.2) is 8.42 Å². The molecule has 0 spiro atoms. The Hall–Kier alpha value is -3.65. The van der Waals surface area contributed by atoms with Crippen LogP contribution in [0.15, 0.2) is 71.6 Å².